The quantitative estimate of drug-likeness (QED) is 0.890. The predicted molar refractivity (Wildman–Crippen MR) is 69.3 cm³/mol. The summed E-state index contributed by atoms with van der Waals surface area (Å²) in [6.07, 6.45) is 0. The first-order valence-electron chi connectivity index (χ1n) is 5.85. The smallest absolute Gasteiger partial charge is 0.169 e. The summed E-state index contributed by atoms with van der Waals surface area (Å²) in [5, 5.41) is 8.35. The molecule has 0 aliphatic heterocycles. The molecule has 0 atom stereocenters. The van der Waals surface area contributed by atoms with E-state index in [4.69, 9.17) is 10.5 Å². The second kappa shape index (κ2) is 4.88. The number of hydrogen-bond donors (Lipinski definition) is 1. The fourth-order valence-corrected chi connectivity index (χ4v) is 1.78. The van der Waals surface area contributed by atoms with E-state index in [-0.39, 0.29) is 0 Å². The van der Waals surface area contributed by atoms with Crippen LogP contribution in [-0.2, 0) is 16.9 Å². The van der Waals surface area contributed by atoms with Crippen molar-refractivity contribution in [3.8, 4) is 5.69 Å². The fraction of sp³-hybridized carbons (Fsp3) is 0.385. The molecular weight excluding hydrogens is 228 g/mol. The van der Waals surface area contributed by atoms with Crippen molar-refractivity contribution in [2.45, 2.75) is 26.0 Å². The standard InChI is InChI=1S/C13H18N4O/c1-13(2,18-3)12-16-15-11(9-14)17(12)10-7-5-4-6-8-10/h4-8H,9,14H2,1-3H3. The number of benzene rings is 1. The number of nitrogens with two attached hydrogens (primary N) is 1. The number of aromatic nitrogens is 3. The van der Waals surface area contributed by atoms with Crippen molar-refractivity contribution in [2.24, 2.45) is 5.73 Å². The third kappa shape index (κ3) is 2.14. The predicted octanol–water partition coefficient (Wildman–Crippen LogP) is 1.61. The molecule has 0 radical (unpaired) electrons. The van der Waals surface area contributed by atoms with Crippen molar-refractivity contribution in [1.82, 2.24) is 14.8 Å². The molecule has 1 heterocycles. The lowest BCUT2D eigenvalue weighted by Gasteiger charge is -2.23. The Morgan fingerprint density at radius 3 is 2.44 bits per heavy atom. The molecule has 5 heteroatoms. The molecule has 0 fully saturated rings. The average molecular weight is 246 g/mol. The van der Waals surface area contributed by atoms with Gasteiger partial charge in [0.05, 0.1) is 6.54 Å². The Hall–Kier alpha value is -1.72. The van der Waals surface area contributed by atoms with Crippen LogP contribution in [0.3, 0.4) is 0 Å². The summed E-state index contributed by atoms with van der Waals surface area (Å²) < 4.78 is 7.43. The van der Waals surface area contributed by atoms with Gasteiger partial charge in [-0.25, -0.2) is 0 Å². The molecule has 0 spiro atoms. The highest BCUT2D eigenvalue weighted by Crippen LogP contribution is 2.25. The zero-order valence-electron chi connectivity index (χ0n) is 10.9. The van der Waals surface area contributed by atoms with Crippen LogP contribution in [-0.4, -0.2) is 21.9 Å². The van der Waals surface area contributed by atoms with E-state index in [1.165, 1.54) is 0 Å². The summed E-state index contributed by atoms with van der Waals surface area (Å²) >= 11 is 0. The van der Waals surface area contributed by atoms with E-state index in [9.17, 15) is 0 Å². The molecule has 2 N–H and O–H groups in total. The largest absolute Gasteiger partial charge is 0.371 e. The van der Waals surface area contributed by atoms with Crippen LogP contribution in [0.25, 0.3) is 5.69 Å². The lowest BCUT2D eigenvalue weighted by molar-refractivity contribution is 0.00989. The molecule has 0 aliphatic carbocycles. The maximum atomic E-state index is 5.72. The lowest BCUT2D eigenvalue weighted by atomic mass is 10.1. The molecule has 2 aromatic rings. The normalized spacial score (nSPS) is 11.8. The van der Waals surface area contributed by atoms with E-state index < -0.39 is 5.60 Å². The van der Waals surface area contributed by atoms with Crippen LogP contribution >= 0.6 is 0 Å². The molecule has 0 amide bonds. The first-order chi connectivity index (χ1) is 8.60. The molecule has 5 nitrogen and oxygen atoms in total. The highest BCUT2D eigenvalue weighted by molar-refractivity contribution is 5.35. The second-order valence-electron chi connectivity index (χ2n) is 4.53. The van der Waals surface area contributed by atoms with Crippen molar-refractivity contribution in [1.29, 1.82) is 0 Å². The number of ether oxygens (including phenoxy) is 1. The highest BCUT2D eigenvalue weighted by Gasteiger charge is 2.28. The van der Waals surface area contributed by atoms with E-state index in [1.54, 1.807) is 7.11 Å². The minimum absolute atomic E-state index is 0.335. The lowest BCUT2D eigenvalue weighted by Crippen LogP contribution is -2.25. The average Bonchev–Trinajstić information content (AvgIpc) is 2.84. The minimum atomic E-state index is -0.518. The van der Waals surface area contributed by atoms with Crippen molar-refractivity contribution in [3.05, 3.63) is 42.0 Å². The first-order valence-corrected chi connectivity index (χ1v) is 5.85. The molecular formula is C13H18N4O. The van der Waals surface area contributed by atoms with Crippen molar-refractivity contribution in [2.75, 3.05) is 7.11 Å². The molecule has 0 saturated heterocycles. The van der Waals surface area contributed by atoms with Gasteiger partial charge in [-0.3, -0.25) is 4.57 Å². The van der Waals surface area contributed by atoms with Crippen LogP contribution in [0.1, 0.15) is 25.5 Å². The monoisotopic (exact) mass is 246 g/mol. The Labute approximate surface area is 107 Å². The molecule has 1 aromatic heterocycles. The summed E-state index contributed by atoms with van der Waals surface area (Å²) in [6, 6.07) is 9.91. The maximum absolute atomic E-state index is 5.72. The Morgan fingerprint density at radius 1 is 1.22 bits per heavy atom. The number of para-hydroxylation sites is 1. The number of methoxy groups -OCH3 is 1. The Morgan fingerprint density at radius 2 is 1.89 bits per heavy atom. The van der Waals surface area contributed by atoms with Crippen LogP contribution in [0.15, 0.2) is 30.3 Å². The van der Waals surface area contributed by atoms with Crippen molar-refractivity contribution < 1.29 is 4.74 Å². The summed E-state index contributed by atoms with van der Waals surface area (Å²) in [4.78, 5) is 0. The van der Waals surface area contributed by atoms with Crippen LogP contribution in [0.2, 0.25) is 0 Å². The molecule has 2 rings (SSSR count). The number of hydrogen-bond acceptors (Lipinski definition) is 4. The summed E-state index contributed by atoms with van der Waals surface area (Å²) in [5.74, 6) is 1.47. The molecule has 0 bridgehead atoms. The van der Waals surface area contributed by atoms with Crippen molar-refractivity contribution in [3.63, 3.8) is 0 Å². The molecule has 0 unspecified atom stereocenters. The fourth-order valence-electron chi connectivity index (χ4n) is 1.78. The Kier molecular flexibility index (Phi) is 3.45. The SMILES string of the molecule is COC(C)(C)c1nnc(CN)n1-c1ccccc1. The van der Waals surface area contributed by atoms with Crippen LogP contribution < -0.4 is 5.73 Å². The van der Waals surface area contributed by atoms with Gasteiger partial charge >= 0.3 is 0 Å². The second-order valence-corrected chi connectivity index (χ2v) is 4.53. The van der Waals surface area contributed by atoms with Gasteiger partial charge in [-0.15, -0.1) is 10.2 Å². The molecule has 0 aliphatic rings. The third-order valence-corrected chi connectivity index (χ3v) is 2.98. The summed E-state index contributed by atoms with van der Waals surface area (Å²) in [7, 11) is 1.66. The first kappa shape index (κ1) is 12.7. The molecule has 0 saturated carbocycles. The maximum Gasteiger partial charge on any atom is 0.169 e. The number of rotatable bonds is 4. The van der Waals surface area contributed by atoms with Gasteiger partial charge in [0.15, 0.2) is 11.6 Å². The van der Waals surface area contributed by atoms with Crippen LogP contribution in [0.5, 0.6) is 0 Å². The van der Waals surface area contributed by atoms with Gasteiger partial charge in [0.2, 0.25) is 0 Å². The van der Waals surface area contributed by atoms with Gasteiger partial charge in [0.1, 0.15) is 5.60 Å². The Bertz CT molecular complexity index is 519. The van der Waals surface area contributed by atoms with Gasteiger partial charge < -0.3 is 10.5 Å². The minimum Gasteiger partial charge on any atom is -0.371 e. The van der Waals surface area contributed by atoms with Crippen LogP contribution in [0.4, 0.5) is 0 Å². The molecule has 96 valence electrons. The van der Waals surface area contributed by atoms with Gasteiger partial charge in [-0.1, -0.05) is 18.2 Å². The van der Waals surface area contributed by atoms with Gasteiger partial charge in [0, 0.05) is 12.8 Å². The van der Waals surface area contributed by atoms with E-state index in [0.717, 1.165) is 17.3 Å². The van der Waals surface area contributed by atoms with E-state index in [2.05, 4.69) is 10.2 Å². The van der Waals surface area contributed by atoms with Gasteiger partial charge in [-0.2, -0.15) is 0 Å². The van der Waals surface area contributed by atoms with Crippen LogP contribution in [0, 0.1) is 0 Å². The van der Waals surface area contributed by atoms with Gasteiger partial charge in [-0.05, 0) is 26.0 Å². The summed E-state index contributed by atoms with van der Waals surface area (Å²) in [6.45, 7) is 4.25. The Balaban J connectivity index is 2.61. The van der Waals surface area contributed by atoms with Crippen molar-refractivity contribution >= 4 is 0 Å². The van der Waals surface area contributed by atoms with E-state index >= 15 is 0 Å². The summed E-state index contributed by atoms with van der Waals surface area (Å²) in [5.41, 5.74) is 6.19. The van der Waals surface area contributed by atoms with E-state index in [0.29, 0.717) is 6.54 Å². The van der Waals surface area contributed by atoms with Gasteiger partial charge in [0.25, 0.3) is 0 Å². The molecule has 18 heavy (non-hydrogen) atoms. The molecule has 1 aromatic carbocycles. The number of nitrogens with zero attached hydrogens (tertiary/aromatic N) is 3. The van der Waals surface area contributed by atoms with E-state index in [1.807, 2.05) is 48.7 Å². The highest BCUT2D eigenvalue weighted by atomic mass is 16.5. The zero-order chi connectivity index (χ0) is 13.2. The zero-order valence-corrected chi connectivity index (χ0v) is 10.9. The topological polar surface area (TPSA) is 66.0 Å². The third-order valence-electron chi connectivity index (χ3n) is 2.98.